The minimum Gasteiger partial charge on any atom is -0.374 e. The molecule has 2 heterocycles. The van der Waals surface area contributed by atoms with E-state index in [-0.39, 0.29) is 24.7 Å². The second kappa shape index (κ2) is 14.6. The summed E-state index contributed by atoms with van der Waals surface area (Å²) in [5.74, 6) is 0. The van der Waals surface area contributed by atoms with Crippen molar-refractivity contribution in [3.8, 4) is 0 Å². The van der Waals surface area contributed by atoms with E-state index in [9.17, 15) is 10.1 Å². The van der Waals surface area contributed by atoms with Crippen LogP contribution in [0.25, 0.3) is 0 Å². The lowest BCUT2D eigenvalue weighted by Gasteiger charge is -2.47. The van der Waals surface area contributed by atoms with Crippen LogP contribution in [0.3, 0.4) is 0 Å². The van der Waals surface area contributed by atoms with E-state index in [0.29, 0.717) is 19.7 Å². The maximum Gasteiger partial charge on any atom is 0.280 e. The molecule has 3 aromatic carbocycles. The molecule has 0 N–H and O–H groups in total. The van der Waals surface area contributed by atoms with E-state index in [1.165, 1.54) is 0 Å². The van der Waals surface area contributed by atoms with E-state index < -0.39 is 30.6 Å². The van der Waals surface area contributed by atoms with Crippen LogP contribution in [0, 0.1) is 10.1 Å². The predicted molar refractivity (Wildman–Crippen MR) is 155 cm³/mol. The van der Waals surface area contributed by atoms with Crippen LogP contribution in [0.4, 0.5) is 0 Å². The Labute approximate surface area is 241 Å². The summed E-state index contributed by atoms with van der Waals surface area (Å²) >= 11 is 0. The number of piperazine rings is 1. The number of hydrogen-bond donors (Lipinski definition) is 0. The largest absolute Gasteiger partial charge is 0.374 e. The van der Waals surface area contributed by atoms with Gasteiger partial charge in [-0.15, -0.1) is 0 Å². The van der Waals surface area contributed by atoms with Crippen molar-refractivity contribution in [1.29, 1.82) is 0 Å². The molecule has 3 aromatic rings. The maximum atomic E-state index is 12.7. The minimum absolute atomic E-state index is 0.216. The van der Waals surface area contributed by atoms with Gasteiger partial charge < -0.3 is 23.8 Å². The average molecular weight is 562 g/mol. The van der Waals surface area contributed by atoms with Crippen LogP contribution in [0.5, 0.6) is 0 Å². The highest BCUT2D eigenvalue weighted by Crippen LogP contribution is 2.32. The van der Waals surface area contributed by atoms with E-state index in [1.807, 2.05) is 91.0 Å². The Kier molecular flexibility index (Phi) is 10.5. The van der Waals surface area contributed by atoms with E-state index in [2.05, 4.69) is 16.8 Å². The molecule has 0 amide bonds. The van der Waals surface area contributed by atoms with Crippen LogP contribution in [0.1, 0.15) is 16.7 Å². The third kappa shape index (κ3) is 7.97. The van der Waals surface area contributed by atoms with Crippen molar-refractivity contribution < 1.29 is 23.9 Å². The summed E-state index contributed by atoms with van der Waals surface area (Å²) in [6, 6.07) is 28.3. The second-order valence-electron chi connectivity index (χ2n) is 10.7. The number of nitro groups is 1. The summed E-state index contributed by atoms with van der Waals surface area (Å²) in [7, 11) is 2.06. The highest BCUT2D eigenvalue weighted by atomic mass is 16.7. The molecular formula is C32H39N3O6. The summed E-state index contributed by atoms with van der Waals surface area (Å²) in [6.45, 7) is 4.08. The fourth-order valence-corrected chi connectivity index (χ4v) is 5.44. The quantitative estimate of drug-likeness (QED) is 0.242. The Bertz CT molecular complexity index is 1190. The van der Waals surface area contributed by atoms with E-state index >= 15 is 0 Å². The molecule has 9 nitrogen and oxygen atoms in total. The number of ether oxygens (including phenoxy) is 4. The summed E-state index contributed by atoms with van der Waals surface area (Å²) < 4.78 is 25.6. The van der Waals surface area contributed by atoms with E-state index in [4.69, 9.17) is 18.9 Å². The zero-order valence-corrected chi connectivity index (χ0v) is 23.5. The molecule has 218 valence electrons. The average Bonchev–Trinajstić information content (AvgIpc) is 3.01. The summed E-state index contributed by atoms with van der Waals surface area (Å²) in [4.78, 5) is 16.8. The number of nitrogens with zero attached hydrogens (tertiary/aromatic N) is 3. The molecule has 5 atom stereocenters. The molecule has 5 rings (SSSR count). The number of likely N-dealkylation sites (N-methyl/N-ethyl adjacent to an activating group) is 1. The van der Waals surface area contributed by atoms with Crippen molar-refractivity contribution in [2.45, 2.75) is 50.4 Å². The van der Waals surface area contributed by atoms with Gasteiger partial charge in [0.1, 0.15) is 12.2 Å². The smallest absolute Gasteiger partial charge is 0.280 e. The number of hydrogen-bond acceptors (Lipinski definition) is 8. The van der Waals surface area contributed by atoms with Crippen LogP contribution < -0.4 is 0 Å². The molecule has 0 spiro atoms. The molecule has 0 bridgehead atoms. The lowest BCUT2D eigenvalue weighted by molar-refractivity contribution is -0.569. The van der Waals surface area contributed by atoms with Crippen molar-refractivity contribution in [3.05, 3.63) is 118 Å². The Balaban J connectivity index is 1.42. The van der Waals surface area contributed by atoms with Crippen molar-refractivity contribution in [3.63, 3.8) is 0 Å². The third-order valence-corrected chi connectivity index (χ3v) is 7.74. The first kappa shape index (κ1) is 29.3. The Morgan fingerprint density at radius 2 is 1.24 bits per heavy atom. The van der Waals surface area contributed by atoms with Crippen molar-refractivity contribution in [2.75, 3.05) is 39.8 Å². The van der Waals surface area contributed by atoms with Gasteiger partial charge in [-0.05, 0) is 23.7 Å². The molecule has 0 radical (unpaired) electrons. The SMILES string of the molecule is CN1CCN([C@@H]2O[C@H](COCc3ccccc3)[C@H](OCc3ccccc3)[C@H](OCc3ccccc3)[C@H]2[N+](=O)[O-])CC1. The van der Waals surface area contributed by atoms with Gasteiger partial charge in [-0.25, -0.2) is 0 Å². The van der Waals surface area contributed by atoms with Gasteiger partial charge in [-0.1, -0.05) is 91.0 Å². The molecule has 2 aliphatic rings. The second-order valence-corrected chi connectivity index (χ2v) is 10.7. The number of rotatable bonds is 12. The van der Waals surface area contributed by atoms with Crippen molar-refractivity contribution >= 4 is 0 Å². The van der Waals surface area contributed by atoms with Crippen molar-refractivity contribution in [1.82, 2.24) is 9.80 Å². The fourth-order valence-electron chi connectivity index (χ4n) is 5.44. The highest BCUT2D eigenvalue weighted by molar-refractivity contribution is 5.15. The first-order chi connectivity index (χ1) is 20.1. The van der Waals surface area contributed by atoms with Gasteiger partial charge in [-0.2, -0.15) is 0 Å². The molecule has 2 fully saturated rings. The van der Waals surface area contributed by atoms with Crippen LogP contribution in [-0.4, -0.2) is 85.1 Å². The maximum absolute atomic E-state index is 12.7. The zero-order chi connectivity index (χ0) is 28.4. The van der Waals surface area contributed by atoms with Gasteiger partial charge >= 0.3 is 0 Å². The molecule has 2 aliphatic heterocycles. The standard InChI is InChI=1S/C32H39N3O6/c1-33-17-19-34(20-18-33)32-29(35(36)37)31(40-23-27-15-9-4-10-16-27)30(39-22-26-13-7-3-8-14-26)28(41-32)24-38-21-25-11-5-2-6-12-25/h2-16,28-32H,17-24H2,1H3/t28-,29-,30+,31-,32-/m1/s1. The van der Waals surface area contributed by atoms with Crippen LogP contribution in [0.2, 0.25) is 0 Å². The molecule has 9 heteroatoms. The first-order valence-electron chi connectivity index (χ1n) is 14.2. The van der Waals surface area contributed by atoms with Gasteiger partial charge in [0.2, 0.25) is 0 Å². The molecule has 0 aliphatic carbocycles. The van der Waals surface area contributed by atoms with Crippen molar-refractivity contribution in [2.24, 2.45) is 0 Å². The van der Waals surface area contributed by atoms with E-state index in [1.54, 1.807) is 0 Å². The lowest BCUT2D eigenvalue weighted by atomic mass is 9.94. The van der Waals surface area contributed by atoms with Gasteiger partial charge in [0.25, 0.3) is 6.04 Å². The first-order valence-corrected chi connectivity index (χ1v) is 14.2. The lowest BCUT2D eigenvalue weighted by Crippen LogP contribution is -2.68. The zero-order valence-electron chi connectivity index (χ0n) is 23.5. The number of benzene rings is 3. The molecule has 0 unspecified atom stereocenters. The van der Waals surface area contributed by atoms with Crippen LogP contribution in [-0.2, 0) is 38.8 Å². The summed E-state index contributed by atoms with van der Waals surface area (Å²) in [6.07, 6.45) is -2.89. The molecule has 0 aromatic heterocycles. The monoisotopic (exact) mass is 561 g/mol. The molecule has 41 heavy (non-hydrogen) atoms. The van der Waals surface area contributed by atoms with E-state index in [0.717, 1.165) is 29.8 Å². The normalized spacial score (nSPS) is 25.6. The topological polar surface area (TPSA) is 86.5 Å². The van der Waals surface area contributed by atoms with Crippen LogP contribution >= 0.6 is 0 Å². The third-order valence-electron chi connectivity index (χ3n) is 7.74. The van der Waals surface area contributed by atoms with Crippen LogP contribution in [0.15, 0.2) is 91.0 Å². The minimum atomic E-state index is -1.13. The van der Waals surface area contributed by atoms with Gasteiger partial charge in [0.05, 0.1) is 26.4 Å². The summed E-state index contributed by atoms with van der Waals surface area (Å²) in [5.41, 5.74) is 2.95. The molecule has 0 saturated carbocycles. The van der Waals surface area contributed by atoms with Gasteiger partial charge in [0, 0.05) is 31.1 Å². The summed E-state index contributed by atoms with van der Waals surface area (Å²) in [5, 5.41) is 12.7. The Hall–Kier alpha value is -3.18. The Morgan fingerprint density at radius 1 is 0.756 bits per heavy atom. The van der Waals surface area contributed by atoms with Gasteiger partial charge in [0.15, 0.2) is 12.3 Å². The predicted octanol–water partition coefficient (Wildman–Crippen LogP) is 3.99. The Morgan fingerprint density at radius 3 is 1.76 bits per heavy atom. The fraction of sp³-hybridized carbons (Fsp3) is 0.438. The molecule has 2 saturated heterocycles. The van der Waals surface area contributed by atoms with Gasteiger partial charge in [-0.3, -0.25) is 15.0 Å². The molecular weight excluding hydrogens is 522 g/mol. The highest BCUT2D eigenvalue weighted by Gasteiger charge is 2.56.